The highest BCUT2D eigenvalue weighted by atomic mass is 16.5. The highest BCUT2D eigenvalue weighted by molar-refractivity contribution is 6.04. The maximum absolute atomic E-state index is 13.1. The summed E-state index contributed by atoms with van der Waals surface area (Å²) in [5, 5.41) is 29.5. The van der Waals surface area contributed by atoms with Crippen LogP contribution in [0.4, 0.5) is 11.4 Å². The van der Waals surface area contributed by atoms with Crippen LogP contribution in [0.5, 0.6) is 0 Å². The number of nitrogens with two attached hydrogens (primary N) is 1. The predicted molar refractivity (Wildman–Crippen MR) is 127 cm³/mol. The maximum Gasteiger partial charge on any atom is 0.323 e. The smallest absolute Gasteiger partial charge is 0.323 e. The lowest BCUT2D eigenvalue weighted by molar-refractivity contribution is -0.150. The van der Waals surface area contributed by atoms with E-state index in [1.54, 1.807) is 18.2 Å². The molecule has 2 aliphatic heterocycles. The van der Waals surface area contributed by atoms with E-state index in [-0.39, 0.29) is 44.4 Å². The number of carboxylic acids is 1. The minimum absolute atomic E-state index is 0.00582. The molecule has 1 fully saturated rings. The van der Waals surface area contributed by atoms with Crippen LogP contribution in [-0.4, -0.2) is 76.5 Å². The van der Waals surface area contributed by atoms with Crippen molar-refractivity contribution in [2.45, 2.75) is 25.2 Å². The zero-order valence-electron chi connectivity index (χ0n) is 19.1. The Labute approximate surface area is 205 Å². The van der Waals surface area contributed by atoms with Crippen LogP contribution in [0.1, 0.15) is 16.7 Å². The second-order valence-corrected chi connectivity index (χ2v) is 8.48. The molecule has 1 saturated heterocycles. The monoisotopic (exact) mass is 495 g/mol. The molecule has 0 spiro atoms. The molecule has 4 rings (SSSR count). The molecular formula is C24H25N5O7. The zero-order valence-corrected chi connectivity index (χ0v) is 19.1. The first-order valence-electron chi connectivity index (χ1n) is 11.1. The molecule has 36 heavy (non-hydrogen) atoms. The van der Waals surface area contributed by atoms with Gasteiger partial charge in [0.25, 0.3) is 11.8 Å². The van der Waals surface area contributed by atoms with Gasteiger partial charge in [0.1, 0.15) is 12.4 Å². The molecule has 0 aliphatic carbocycles. The highest BCUT2D eigenvalue weighted by Crippen LogP contribution is 2.27. The van der Waals surface area contributed by atoms with Gasteiger partial charge in [-0.05, 0) is 47.5 Å². The van der Waals surface area contributed by atoms with E-state index in [1.807, 2.05) is 0 Å². The lowest BCUT2D eigenvalue weighted by atomic mass is 9.97. The first kappa shape index (κ1) is 24.8. The Bertz CT molecular complexity index is 1230. The third-order valence-corrected chi connectivity index (χ3v) is 6.02. The van der Waals surface area contributed by atoms with Crippen molar-refractivity contribution in [2.24, 2.45) is 5.73 Å². The Morgan fingerprint density at radius 2 is 1.89 bits per heavy atom. The molecule has 0 saturated carbocycles. The number of hydrogen-bond acceptors (Lipinski definition) is 7. The third kappa shape index (κ3) is 5.19. The highest BCUT2D eigenvalue weighted by Gasteiger charge is 2.39. The summed E-state index contributed by atoms with van der Waals surface area (Å²) in [6.45, 7) is 0.0434. The number of anilines is 2. The van der Waals surface area contributed by atoms with Gasteiger partial charge in [0.15, 0.2) is 12.2 Å². The van der Waals surface area contributed by atoms with Crippen molar-refractivity contribution in [3.8, 4) is 0 Å². The predicted octanol–water partition coefficient (Wildman–Crippen LogP) is -0.329. The third-order valence-electron chi connectivity index (χ3n) is 6.02. The summed E-state index contributed by atoms with van der Waals surface area (Å²) in [7, 11) is 0. The number of nitrogens with zero attached hydrogens (tertiary/aromatic N) is 2. The molecule has 3 amide bonds. The number of morpholine rings is 1. The molecule has 2 atom stereocenters. The molecule has 2 heterocycles. The zero-order chi connectivity index (χ0) is 26.0. The number of benzene rings is 2. The average Bonchev–Trinajstić information content (AvgIpc) is 2.84. The van der Waals surface area contributed by atoms with Gasteiger partial charge in [0.2, 0.25) is 5.91 Å². The van der Waals surface area contributed by atoms with Crippen molar-refractivity contribution in [3.05, 3.63) is 59.2 Å². The molecule has 0 aromatic heterocycles. The number of amidine groups is 1. The Hall–Kier alpha value is -4.29. The summed E-state index contributed by atoms with van der Waals surface area (Å²) in [6, 6.07) is 11.2. The molecule has 0 bridgehead atoms. The van der Waals surface area contributed by atoms with Crippen molar-refractivity contribution >= 4 is 40.9 Å². The fraction of sp³-hybridized carbons (Fsp3) is 0.292. The molecule has 12 heteroatoms. The first-order chi connectivity index (χ1) is 17.1. The molecule has 6 N–H and O–H groups in total. The standard InChI is InChI=1S/C24H25N5O7/c25-22(26)13-1-4-16(5-2-13)27-23(34)20(33)21-24(35)29(7-8-36-21)17-6-3-14-11-28(12-19(31)32)18(30)10-15(14)9-17/h1-6,9,20-21,33H,7-8,10-12H2,(H3,25,26)(H,27,34)(H,31,32)/t20?,21-/m1/s1. The summed E-state index contributed by atoms with van der Waals surface area (Å²) < 4.78 is 5.43. The normalized spacial score (nSPS) is 18.4. The molecule has 0 radical (unpaired) electrons. The lowest BCUT2D eigenvalue weighted by Crippen LogP contribution is -2.55. The van der Waals surface area contributed by atoms with E-state index in [0.717, 1.165) is 5.56 Å². The van der Waals surface area contributed by atoms with Gasteiger partial charge >= 0.3 is 5.97 Å². The summed E-state index contributed by atoms with van der Waals surface area (Å²) in [6.07, 6.45) is -3.21. The number of carboxylic acid groups (broad SMARTS) is 1. The minimum Gasteiger partial charge on any atom is -0.480 e. The number of amides is 3. The molecule has 12 nitrogen and oxygen atoms in total. The Balaban J connectivity index is 1.45. The quantitative estimate of drug-likeness (QED) is 0.255. The van der Waals surface area contributed by atoms with Crippen molar-refractivity contribution in [1.82, 2.24) is 4.90 Å². The Morgan fingerprint density at radius 1 is 1.17 bits per heavy atom. The molecular weight excluding hydrogens is 470 g/mol. The fourth-order valence-electron chi connectivity index (χ4n) is 4.15. The number of aliphatic hydroxyl groups is 1. The topological polar surface area (TPSA) is 186 Å². The van der Waals surface area contributed by atoms with E-state index in [0.29, 0.717) is 22.5 Å². The van der Waals surface area contributed by atoms with Crippen molar-refractivity contribution < 1.29 is 34.1 Å². The fourth-order valence-corrected chi connectivity index (χ4v) is 4.15. The van der Waals surface area contributed by atoms with E-state index in [9.17, 15) is 24.3 Å². The van der Waals surface area contributed by atoms with Crippen molar-refractivity contribution in [2.75, 3.05) is 29.9 Å². The number of aliphatic hydroxyl groups excluding tert-OH is 1. The number of ether oxygens (including phenoxy) is 1. The molecule has 2 aromatic rings. The van der Waals surface area contributed by atoms with E-state index in [2.05, 4.69) is 5.32 Å². The molecule has 2 aromatic carbocycles. The summed E-state index contributed by atoms with van der Waals surface area (Å²) >= 11 is 0. The van der Waals surface area contributed by atoms with Crippen LogP contribution in [0.2, 0.25) is 0 Å². The number of aliphatic carboxylic acids is 1. The van der Waals surface area contributed by atoms with Crippen LogP contribution >= 0.6 is 0 Å². The van der Waals surface area contributed by atoms with Crippen molar-refractivity contribution in [3.63, 3.8) is 0 Å². The van der Waals surface area contributed by atoms with E-state index in [1.165, 1.54) is 34.1 Å². The number of hydrogen-bond donors (Lipinski definition) is 5. The van der Waals surface area contributed by atoms with Gasteiger partial charge in [-0.2, -0.15) is 0 Å². The number of carbonyl (C=O) groups is 4. The maximum atomic E-state index is 13.1. The summed E-state index contributed by atoms with van der Waals surface area (Å²) in [4.78, 5) is 51.7. The van der Waals surface area contributed by atoms with Crippen LogP contribution in [-0.2, 0) is 36.9 Å². The number of carbonyl (C=O) groups excluding carboxylic acids is 3. The second-order valence-electron chi connectivity index (χ2n) is 8.48. The van der Waals surface area contributed by atoms with Crippen LogP contribution in [0.25, 0.3) is 0 Å². The van der Waals surface area contributed by atoms with E-state index >= 15 is 0 Å². The average molecular weight is 495 g/mol. The van der Waals surface area contributed by atoms with E-state index < -0.39 is 30.0 Å². The second kappa shape index (κ2) is 10.1. The van der Waals surface area contributed by atoms with Gasteiger partial charge in [-0.3, -0.25) is 24.6 Å². The van der Waals surface area contributed by atoms with Gasteiger partial charge in [-0.15, -0.1) is 0 Å². The number of rotatable bonds is 7. The molecule has 1 unspecified atom stereocenters. The Morgan fingerprint density at radius 3 is 2.56 bits per heavy atom. The largest absolute Gasteiger partial charge is 0.480 e. The van der Waals surface area contributed by atoms with Gasteiger partial charge in [-0.25, -0.2) is 0 Å². The van der Waals surface area contributed by atoms with Gasteiger partial charge in [0.05, 0.1) is 13.0 Å². The number of nitrogens with one attached hydrogen (secondary N) is 2. The Kier molecular flexibility index (Phi) is 6.99. The first-order valence-corrected chi connectivity index (χ1v) is 11.1. The van der Waals surface area contributed by atoms with E-state index in [4.69, 9.17) is 21.0 Å². The molecule has 2 aliphatic rings. The van der Waals surface area contributed by atoms with Gasteiger partial charge < -0.3 is 35.8 Å². The summed E-state index contributed by atoms with van der Waals surface area (Å²) in [5.41, 5.74) is 8.18. The lowest BCUT2D eigenvalue weighted by Gasteiger charge is -2.35. The number of fused-ring (bicyclic) bond motifs is 1. The number of nitrogen functional groups attached to an aromatic ring is 1. The SMILES string of the molecule is N=C(N)c1ccc(NC(=O)C(O)[C@H]2OCCN(c3ccc4c(c3)CC(=O)N(CC(=O)O)C4)C2=O)cc1. The van der Waals surface area contributed by atoms with Crippen LogP contribution < -0.4 is 16.0 Å². The van der Waals surface area contributed by atoms with Gasteiger partial charge in [0, 0.05) is 30.0 Å². The van der Waals surface area contributed by atoms with Crippen LogP contribution in [0.15, 0.2) is 42.5 Å². The van der Waals surface area contributed by atoms with Crippen LogP contribution in [0.3, 0.4) is 0 Å². The summed E-state index contributed by atoms with van der Waals surface area (Å²) in [5.74, 6) is -2.98. The molecule has 188 valence electrons. The minimum atomic E-state index is -1.78. The van der Waals surface area contributed by atoms with Crippen molar-refractivity contribution in [1.29, 1.82) is 5.41 Å². The van der Waals surface area contributed by atoms with Gasteiger partial charge in [-0.1, -0.05) is 6.07 Å². The van der Waals surface area contributed by atoms with Crippen LogP contribution in [0, 0.1) is 5.41 Å².